The zero-order chi connectivity index (χ0) is 13.9. The molecular weight excluding hydrogens is 254 g/mol. The fraction of sp³-hybridized carbons (Fsp3) is 0.571. The highest BCUT2D eigenvalue weighted by Gasteiger charge is 2.19. The van der Waals surface area contributed by atoms with Crippen molar-refractivity contribution in [2.75, 3.05) is 6.54 Å². The highest BCUT2D eigenvalue weighted by atomic mass is 16.4. The van der Waals surface area contributed by atoms with E-state index in [0.717, 1.165) is 42.4 Å². The third kappa shape index (κ3) is 3.19. The van der Waals surface area contributed by atoms with Gasteiger partial charge in [-0.3, -0.25) is 0 Å². The molecule has 0 amide bonds. The Morgan fingerprint density at radius 3 is 2.85 bits per heavy atom. The zero-order valence-corrected chi connectivity index (χ0v) is 11.9. The lowest BCUT2D eigenvalue weighted by Crippen LogP contribution is -2.17. The Kier molecular flexibility index (Phi) is 3.73. The van der Waals surface area contributed by atoms with E-state index in [-0.39, 0.29) is 0 Å². The molecule has 1 N–H and O–H groups in total. The van der Waals surface area contributed by atoms with E-state index < -0.39 is 0 Å². The molecule has 1 aliphatic rings. The quantitative estimate of drug-likeness (QED) is 0.809. The van der Waals surface area contributed by atoms with Crippen LogP contribution in [0.25, 0.3) is 11.5 Å². The fourth-order valence-corrected chi connectivity index (χ4v) is 2.06. The van der Waals surface area contributed by atoms with Crippen LogP contribution in [0, 0.1) is 13.8 Å². The normalized spacial score (nSPS) is 14.7. The van der Waals surface area contributed by atoms with Crippen molar-refractivity contribution >= 4 is 0 Å². The third-order valence-electron chi connectivity index (χ3n) is 3.38. The summed E-state index contributed by atoms with van der Waals surface area (Å²) in [5.41, 5.74) is 2.52. The van der Waals surface area contributed by atoms with Gasteiger partial charge in [0.05, 0.1) is 17.0 Å². The number of aromatic nitrogens is 4. The summed E-state index contributed by atoms with van der Waals surface area (Å²) in [6, 6.07) is 2.68. The average Bonchev–Trinajstić information content (AvgIpc) is 3.15. The van der Waals surface area contributed by atoms with Crippen LogP contribution >= 0.6 is 0 Å². The lowest BCUT2D eigenvalue weighted by atomic mass is 10.2. The molecule has 1 fully saturated rings. The van der Waals surface area contributed by atoms with E-state index in [1.807, 2.05) is 19.9 Å². The minimum absolute atomic E-state index is 0.533. The van der Waals surface area contributed by atoms with Gasteiger partial charge in [0, 0.05) is 12.5 Å². The number of rotatable bonds is 6. The minimum Gasteiger partial charge on any atom is -0.421 e. The van der Waals surface area contributed by atoms with Gasteiger partial charge >= 0.3 is 0 Å². The summed E-state index contributed by atoms with van der Waals surface area (Å²) in [5, 5.41) is 19.8. The first-order chi connectivity index (χ1) is 9.72. The topological polar surface area (TPSA) is 76.7 Å². The van der Waals surface area contributed by atoms with E-state index in [0.29, 0.717) is 11.8 Å². The predicted molar refractivity (Wildman–Crippen MR) is 74.1 cm³/mol. The summed E-state index contributed by atoms with van der Waals surface area (Å²) in [6.45, 7) is 4.80. The Bertz CT molecular complexity index is 591. The van der Waals surface area contributed by atoms with Crippen LogP contribution in [-0.4, -0.2) is 33.0 Å². The molecule has 0 aliphatic heterocycles. The van der Waals surface area contributed by atoms with Crippen molar-refractivity contribution in [3.05, 3.63) is 23.3 Å². The molecule has 0 aromatic carbocycles. The molecule has 1 saturated carbocycles. The second-order valence-corrected chi connectivity index (χ2v) is 5.32. The van der Waals surface area contributed by atoms with Crippen molar-refractivity contribution in [2.24, 2.45) is 0 Å². The Labute approximate surface area is 118 Å². The molecule has 2 aromatic heterocycles. The summed E-state index contributed by atoms with van der Waals surface area (Å²) in [6.07, 6.45) is 4.46. The first-order valence-electron chi connectivity index (χ1n) is 7.09. The van der Waals surface area contributed by atoms with Crippen molar-refractivity contribution in [3.8, 4) is 11.5 Å². The molecular formula is C14H19N5O. The summed E-state index contributed by atoms with van der Waals surface area (Å²) in [4.78, 5) is 0. The number of hydrogen-bond donors (Lipinski definition) is 1. The smallest absolute Gasteiger partial charge is 0.249 e. The summed E-state index contributed by atoms with van der Waals surface area (Å²) in [5.74, 6) is 1.22. The molecule has 0 atom stereocenters. The van der Waals surface area contributed by atoms with E-state index in [1.54, 1.807) is 0 Å². The van der Waals surface area contributed by atoms with E-state index >= 15 is 0 Å². The van der Waals surface area contributed by atoms with Gasteiger partial charge in [-0.15, -0.1) is 10.2 Å². The van der Waals surface area contributed by atoms with Gasteiger partial charge in [0.2, 0.25) is 11.8 Å². The molecule has 106 valence electrons. The molecule has 2 aromatic rings. The Morgan fingerprint density at radius 1 is 1.20 bits per heavy atom. The van der Waals surface area contributed by atoms with Crippen LogP contribution in [0.5, 0.6) is 0 Å². The molecule has 1 aliphatic carbocycles. The standard InChI is InChI=1S/C14H19N5O/c1-9-8-12(10(2)17-16-9)14-19-18-13(20-14)4-3-7-15-11-5-6-11/h8,11,15H,3-7H2,1-2H3. The van der Waals surface area contributed by atoms with Crippen LogP contribution in [-0.2, 0) is 6.42 Å². The van der Waals surface area contributed by atoms with Crippen molar-refractivity contribution in [1.29, 1.82) is 0 Å². The second kappa shape index (κ2) is 5.66. The summed E-state index contributed by atoms with van der Waals surface area (Å²) in [7, 11) is 0. The van der Waals surface area contributed by atoms with E-state index in [1.165, 1.54) is 12.8 Å². The second-order valence-electron chi connectivity index (χ2n) is 5.32. The van der Waals surface area contributed by atoms with Crippen LogP contribution in [0.4, 0.5) is 0 Å². The number of aryl methyl sites for hydroxylation is 3. The first-order valence-corrected chi connectivity index (χ1v) is 7.09. The summed E-state index contributed by atoms with van der Waals surface area (Å²) < 4.78 is 5.71. The molecule has 0 spiro atoms. The van der Waals surface area contributed by atoms with Gasteiger partial charge in [-0.2, -0.15) is 10.2 Å². The van der Waals surface area contributed by atoms with E-state index in [9.17, 15) is 0 Å². The minimum atomic E-state index is 0.533. The van der Waals surface area contributed by atoms with Crippen molar-refractivity contribution in [2.45, 2.75) is 45.6 Å². The fourth-order valence-electron chi connectivity index (χ4n) is 2.06. The predicted octanol–water partition coefficient (Wildman–Crippen LogP) is 1.83. The molecule has 2 heterocycles. The van der Waals surface area contributed by atoms with Crippen LogP contribution in [0.2, 0.25) is 0 Å². The molecule has 0 unspecified atom stereocenters. The van der Waals surface area contributed by atoms with Crippen molar-refractivity contribution in [3.63, 3.8) is 0 Å². The van der Waals surface area contributed by atoms with Gasteiger partial charge in [-0.25, -0.2) is 0 Å². The highest BCUT2D eigenvalue weighted by Crippen LogP contribution is 2.21. The number of nitrogens with zero attached hydrogens (tertiary/aromatic N) is 4. The lowest BCUT2D eigenvalue weighted by Gasteiger charge is -2.00. The maximum atomic E-state index is 5.71. The molecule has 0 radical (unpaired) electrons. The van der Waals surface area contributed by atoms with Crippen molar-refractivity contribution < 1.29 is 4.42 Å². The largest absolute Gasteiger partial charge is 0.421 e. The molecule has 0 bridgehead atoms. The summed E-state index contributed by atoms with van der Waals surface area (Å²) >= 11 is 0. The van der Waals surface area contributed by atoms with Gasteiger partial charge in [-0.05, 0) is 45.7 Å². The third-order valence-corrected chi connectivity index (χ3v) is 3.38. The molecule has 0 saturated heterocycles. The lowest BCUT2D eigenvalue weighted by molar-refractivity contribution is 0.490. The highest BCUT2D eigenvalue weighted by molar-refractivity contribution is 5.55. The zero-order valence-electron chi connectivity index (χ0n) is 11.9. The maximum absolute atomic E-state index is 5.71. The molecule has 3 rings (SSSR count). The number of hydrogen-bond acceptors (Lipinski definition) is 6. The monoisotopic (exact) mass is 273 g/mol. The Morgan fingerprint density at radius 2 is 2.05 bits per heavy atom. The average molecular weight is 273 g/mol. The maximum Gasteiger partial charge on any atom is 0.249 e. The van der Waals surface area contributed by atoms with Crippen molar-refractivity contribution in [1.82, 2.24) is 25.7 Å². The molecule has 20 heavy (non-hydrogen) atoms. The van der Waals surface area contributed by atoms with Gasteiger partial charge < -0.3 is 9.73 Å². The molecule has 6 nitrogen and oxygen atoms in total. The van der Waals surface area contributed by atoms with Gasteiger partial charge in [0.25, 0.3) is 0 Å². The Balaban J connectivity index is 1.61. The van der Waals surface area contributed by atoms with E-state index in [2.05, 4.69) is 25.7 Å². The van der Waals surface area contributed by atoms with Crippen LogP contribution in [0.15, 0.2) is 10.5 Å². The van der Waals surface area contributed by atoms with Gasteiger partial charge in [-0.1, -0.05) is 0 Å². The van der Waals surface area contributed by atoms with Crippen LogP contribution in [0.1, 0.15) is 36.5 Å². The first kappa shape index (κ1) is 13.2. The number of nitrogens with one attached hydrogen (secondary N) is 1. The Hall–Kier alpha value is -1.82. The van der Waals surface area contributed by atoms with Crippen LogP contribution in [0.3, 0.4) is 0 Å². The van der Waals surface area contributed by atoms with E-state index in [4.69, 9.17) is 4.42 Å². The SMILES string of the molecule is Cc1cc(-c2nnc(CCCNC3CC3)o2)c(C)nn1. The van der Waals surface area contributed by atoms with Gasteiger partial charge in [0.1, 0.15) is 0 Å². The molecule has 6 heteroatoms. The van der Waals surface area contributed by atoms with Gasteiger partial charge in [0.15, 0.2) is 0 Å². The van der Waals surface area contributed by atoms with Crippen LogP contribution < -0.4 is 5.32 Å².